The minimum Gasteiger partial charge on any atom is -0.359 e. The first kappa shape index (κ1) is 19.8. The van der Waals surface area contributed by atoms with Gasteiger partial charge in [-0.3, -0.25) is 4.79 Å². The van der Waals surface area contributed by atoms with E-state index in [1.165, 1.54) is 29.4 Å². The molecule has 0 saturated heterocycles. The van der Waals surface area contributed by atoms with E-state index >= 15 is 0 Å². The molecule has 4 rings (SSSR count). The van der Waals surface area contributed by atoms with Crippen LogP contribution in [0.25, 0.3) is 21.9 Å². The van der Waals surface area contributed by atoms with Crippen LogP contribution in [0.2, 0.25) is 0 Å². The van der Waals surface area contributed by atoms with Crippen molar-refractivity contribution in [2.24, 2.45) is 0 Å². The first-order valence-corrected chi connectivity index (χ1v) is 9.52. The van der Waals surface area contributed by atoms with Crippen LogP contribution in [0.3, 0.4) is 0 Å². The van der Waals surface area contributed by atoms with Crippen molar-refractivity contribution in [3.05, 3.63) is 35.1 Å². The molecule has 1 saturated carbocycles. The minimum atomic E-state index is -0.280. The van der Waals surface area contributed by atoms with E-state index in [2.05, 4.69) is 24.0 Å². The van der Waals surface area contributed by atoms with E-state index in [1.807, 2.05) is 6.07 Å². The molecule has 0 radical (unpaired) electrons. The number of rotatable bonds is 4. The summed E-state index contributed by atoms with van der Waals surface area (Å²) in [5.74, 6) is 0. The van der Waals surface area contributed by atoms with E-state index in [1.54, 1.807) is 26.7 Å². The molecule has 1 aliphatic carbocycles. The van der Waals surface area contributed by atoms with Crippen molar-refractivity contribution in [1.29, 1.82) is 0 Å². The molecule has 0 aromatic carbocycles. The summed E-state index contributed by atoms with van der Waals surface area (Å²) in [6, 6.07) is 2.16. The average molecular weight is 394 g/mol. The van der Waals surface area contributed by atoms with Gasteiger partial charge in [-0.05, 0) is 18.9 Å². The molecule has 1 aliphatic rings. The maximum absolute atomic E-state index is 13.0. The van der Waals surface area contributed by atoms with Crippen LogP contribution in [0.15, 0.2) is 29.6 Å². The van der Waals surface area contributed by atoms with Gasteiger partial charge < -0.3 is 14.0 Å². The third-order valence-corrected chi connectivity index (χ3v) is 5.16. The van der Waals surface area contributed by atoms with E-state index in [4.69, 9.17) is 0 Å². The number of hydrogen-bond acceptors (Lipinski definition) is 6. The van der Waals surface area contributed by atoms with Crippen molar-refractivity contribution >= 4 is 34.3 Å². The predicted octanol–water partition coefficient (Wildman–Crippen LogP) is 3.87. The zero-order valence-electron chi connectivity index (χ0n) is 15.4. The SMILES string of the molecule is COCOC.O=c1ncn(C2CCCCC2)c2c1cnc1c2ccn1SF. The van der Waals surface area contributed by atoms with Gasteiger partial charge in [0.1, 0.15) is 6.79 Å². The van der Waals surface area contributed by atoms with Gasteiger partial charge in [-0.2, -0.15) is 4.98 Å². The lowest BCUT2D eigenvalue weighted by Gasteiger charge is -2.25. The molecule has 7 nitrogen and oxygen atoms in total. The molecule has 0 N–H and O–H groups in total. The fraction of sp³-hybridized carbons (Fsp3) is 0.500. The van der Waals surface area contributed by atoms with Gasteiger partial charge in [0.15, 0.2) is 18.0 Å². The van der Waals surface area contributed by atoms with Crippen LogP contribution in [0, 0.1) is 0 Å². The Morgan fingerprint density at radius 2 is 1.93 bits per heavy atom. The lowest BCUT2D eigenvalue weighted by molar-refractivity contribution is -0.00271. The maximum Gasteiger partial charge on any atom is 0.282 e. The topological polar surface area (TPSA) is 71.2 Å². The predicted molar refractivity (Wildman–Crippen MR) is 104 cm³/mol. The third-order valence-electron chi connectivity index (χ3n) is 4.72. The molecule has 0 bridgehead atoms. The highest BCUT2D eigenvalue weighted by Gasteiger charge is 2.20. The number of aromatic nitrogens is 4. The van der Waals surface area contributed by atoms with Crippen molar-refractivity contribution in [2.75, 3.05) is 21.0 Å². The summed E-state index contributed by atoms with van der Waals surface area (Å²) < 4.78 is 25.4. The van der Waals surface area contributed by atoms with Crippen molar-refractivity contribution in [3.63, 3.8) is 0 Å². The van der Waals surface area contributed by atoms with Crippen LogP contribution >= 0.6 is 12.3 Å². The van der Waals surface area contributed by atoms with Gasteiger partial charge in [-0.1, -0.05) is 19.3 Å². The number of halogens is 1. The largest absolute Gasteiger partial charge is 0.359 e. The Labute approximate surface area is 160 Å². The van der Waals surface area contributed by atoms with Gasteiger partial charge in [0.2, 0.25) is 0 Å². The number of fused-ring (bicyclic) bond motifs is 3. The Bertz CT molecular complexity index is 951. The van der Waals surface area contributed by atoms with Crippen molar-refractivity contribution < 1.29 is 13.4 Å². The first-order chi connectivity index (χ1) is 13.2. The van der Waals surface area contributed by atoms with Crippen LogP contribution in [0.5, 0.6) is 0 Å². The second-order valence-corrected chi connectivity index (χ2v) is 6.94. The molecule has 3 aromatic heterocycles. The van der Waals surface area contributed by atoms with Gasteiger partial charge in [-0.15, -0.1) is 3.89 Å². The molecule has 0 unspecified atom stereocenters. The lowest BCUT2D eigenvalue weighted by Crippen LogP contribution is -2.19. The molecular weight excluding hydrogens is 371 g/mol. The molecule has 0 spiro atoms. The third kappa shape index (κ3) is 4.15. The van der Waals surface area contributed by atoms with Crippen molar-refractivity contribution in [1.82, 2.24) is 18.5 Å². The highest BCUT2D eigenvalue weighted by molar-refractivity contribution is 7.92. The van der Waals surface area contributed by atoms with Gasteiger partial charge in [0, 0.05) is 38.0 Å². The zero-order chi connectivity index (χ0) is 19.2. The molecule has 9 heteroatoms. The molecule has 0 aliphatic heterocycles. The number of hydrogen-bond donors (Lipinski definition) is 0. The summed E-state index contributed by atoms with van der Waals surface area (Å²) in [7, 11) is 3.17. The summed E-state index contributed by atoms with van der Waals surface area (Å²) >= 11 is 0.110. The number of methoxy groups -OCH3 is 2. The highest BCUT2D eigenvalue weighted by atomic mass is 32.2. The van der Waals surface area contributed by atoms with E-state index in [0.29, 0.717) is 23.9 Å². The van der Waals surface area contributed by atoms with Crippen LogP contribution in [0.1, 0.15) is 38.1 Å². The Hall–Kier alpha value is -1.97. The molecule has 146 valence electrons. The quantitative estimate of drug-likeness (QED) is 0.626. The Kier molecular flexibility index (Phi) is 6.81. The van der Waals surface area contributed by atoms with Gasteiger partial charge in [-0.25, -0.2) is 8.96 Å². The van der Waals surface area contributed by atoms with Gasteiger partial charge in [0.25, 0.3) is 5.56 Å². The van der Waals surface area contributed by atoms with E-state index in [0.717, 1.165) is 23.7 Å². The van der Waals surface area contributed by atoms with Crippen LogP contribution in [-0.4, -0.2) is 39.5 Å². The standard InChI is InChI=1S/C15H15FN4OS.C3H8O2/c16-22-20-7-6-11-13-12(8-17-14(11)20)15(21)18-9-19(13)10-4-2-1-3-5-10;1-4-3-5-2/h6-10H,1-5H2;3H2,1-2H3. The number of ether oxygens (including phenoxy) is 2. The average Bonchev–Trinajstić information content (AvgIpc) is 3.13. The molecular formula is C18H23FN4O3S. The Morgan fingerprint density at radius 3 is 2.56 bits per heavy atom. The highest BCUT2D eigenvalue weighted by Crippen LogP contribution is 2.32. The van der Waals surface area contributed by atoms with Gasteiger partial charge in [0.05, 0.1) is 17.2 Å². The summed E-state index contributed by atoms with van der Waals surface area (Å²) in [5.41, 5.74) is 1.08. The molecule has 27 heavy (non-hydrogen) atoms. The fourth-order valence-electron chi connectivity index (χ4n) is 3.54. The zero-order valence-corrected chi connectivity index (χ0v) is 16.2. The summed E-state index contributed by atoms with van der Waals surface area (Å²) in [6.07, 6.45) is 10.6. The Morgan fingerprint density at radius 1 is 1.19 bits per heavy atom. The van der Waals surface area contributed by atoms with Crippen LogP contribution in [-0.2, 0) is 9.47 Å². The van der Waals surface area contributed by atoms with E-state index in [-0.39, 0.29) is 17.9 Å². The Balaban J connectivity index is 0.000000376. The fourth-order valence-corrected chi connectivity index (χ4v) is 3.85. The number of pyridine rings is 1. The molecule has 3 aromatic rings. The summed E-state index contributed by atoms with van der Waals surface area (Å²) in [6.45, 7) is 0.389. The van der Waals surface area contributed by atoms with Crippen LogP contribution in [0.4, 0.5) is 3.89 Å². The smallest absolute Gasteiger partial charge is 0.282 e. The lowest BCUT2D eigenvalue weighted by atomic mass is 9.95. The summed E-state index contributed by atoms with van der Waals surface area (Å²) in [4.78, 5) is 20.3. The van der Waals surface area contributed by atoms with Crippen molar-refractivity contribution in [2.45, 2.75) is 38.1 Å². The first-order valence-electron chi connectivity index (χ1n) is 8.85. The molecule has 1 fully saturated rings. The summed E-state index contributed by atoms with van der Waals surface area (Å²) in [5, 5.41) is 1.30. The second-order valence-electron chi connectivity index (χ2n) is 6.41. The molecule has 0 amide bonds. The second kappa shape index (κ2) is 9.29. The normalized spacial score (nSPS) is 15.1. The minimum absolute atomic E-state index is 0.110. The maximum atomic E-state index is 13.0. The van der Waals surface area contributed by atoms with Crippen molar-refractivity contribution in [3.8, 4) is 0 Å². The van der Waals surface area contributed by atoms with Crippen LogP contribution < -0.4 is 5.56 Å². The van der Waals surface area contributed by atoms with E-state index in [9.17, 15) is 8.68 Å². The number of nitrogens with zero attached hydrogens (tertiary/aromatic N) is 4. The van der Waals surface area contributed by atoms with E-state index < -0.39 is 0 Å². The monoisotopic (exact) mass is 394 g/mol. The van der Waals surface area contributed by atoms with Gasteiger partial charge >= 0.3 is 0 Å². The molecule has 3 heterocycles. The molecule has 0 atom stereocenters.